The van der Waals surface area contributed by atoms with E-state index in [1.807, 2.05) is 12.2 Å². The molecule has 2 nitrogen and oxygen atoms in total. The predicted molar refractivity (Wildman–Crippen MR) is 67.9 cm³/mol. The monoisotopic (exact) mass is 221 g/mol. The van der Waals surface area contributed by atoms with E-state index in [1.165, 1.54) is 25.7 Å². The van der Waals surface area contributed by atoms with Gasteiger partial charge in [0, 0.05) is 12.2 Å². The van der Waals surface area contributed by atoms with Gasteiger partial charge >= 0.3 is 0 Å². The lowest BCUT2D eigenvalue weighted by Crippen LogP contribution is -1.81. The predicted octanol–water partition coefficient (Wildman–Crippen LogP) is 3.74. The van der Waals surface area contributed by atoms with Crippen LogP contribution in [0.1, 0.15) is 51.9 Å². The number of rotatable bonds is 9. The summed E-state index contributed by atoms with van der Waals surface area (Å²) < 4.78 is 0. The Morgan fingerprint density at radius 3 is 2.62 bits per heavy atom. The van der Waals surface area contributed by atoms with Gasteiger partial charge in [0.15, 0.2) is 0 Å². The SMILES string of the molecule is CCCCCC/C=C/C(C#N)=C\CCCO. The zero-order chi connectivity index (χ0) is 12.1. The maximum Gasteiger partial charge on any atom is 0.0988 e. The van der Waals surface area contributed by atoms with Gasteiger partial charge in [0.1, 0.15) is 0 Å². The summed E-state index contributed by atoms with van der Waals surface area (Å²) in [5, 5.41) is 17.5. The summed E-state index contributed by atoms with van der Waals surface area (Å²) in [5.41, 5.74) is 0.712. The van der Waals surface area contributed by atoms with Crippen molar-refractivity contribution in [1.82, 2.24) is 0 Å². The molecular weight excluding hydrogens is 198 g/mol. The highest BCUT2D eigenvalue weighted by atomic mass is 16.2. The van der Waals surface area contributed by atoms with Crippen LogP contribution >= 0.6 is 0 Å². The van der Waals surface area contributed by atoms with Crippen LogP contribution in [0.4, 0.5) is 0 Å². The van der Waals surface area contributed by atoms with Gasteiger partial charge in [-0.3, -0.25) is 0 Å². The van der Waals surface area contributed by atoms with Crippen molar-refractivity contribution in [3.63, 3.8) is 0 Å². The molecule has 0 bridgehead atoms. The second-order valence-corrected chi connectivity index (χ2v) is 3.89. The van der Waals surface area contributed by atoms with Crippen LogP contribution in [-0.4, -0.2) is 11.7 Å². The van der Waals surface area contributed by atoms with E-state index in [0.29, 0.717) is 5.57 Å². The van der Waals surface area contributed by atoms with Crippen molar-refractivity contribution in [2.45, 2.75) is 51.9 Å². The number of hydrogen-bond acceptors (Lipinski definition) is 2. The van der Waals surface area contributed by atoms with Gasteiger partial charge in [0.05, 0.1) is 6.07 Å². The highest BCUT2D eigenvalue weighted by Gasteiger charge is 1.89. The van der Waals surface area contributed by atoms with Gasteiger partial charge in [-0.1, -0.05) is 38.3 Å². The first-order chi connectivity index (χ1) is 7.85. The summed E-state index contributed by atoms with van der Waals surface area (Å²) in [6, 6.07) is 2.16. The normalized spacial score (nSPS) is 11.9. The summed E-state index contributed by atoms with van der Waals surface area (Å²) in [5.74, 6) is 0. The number of nitrogens with zero attached hydrogens (tertiary/aromatic N) is 1. The topological polar surface area (TPSA) is 44.0 Å². The van der Waals surface area contributed by atoms with Crippen molar-refractivity contribution in [2.24, 2.45) is 0 Å². The zero-order valence-electron chi connectivity index (χ0n) is 10.3. The molecule has 0 radical (unpaired) electrons. The van der Waals surface area contributed by atoms with E-state index >= 15 is 0 Å². The van der Waals surface area contributed by atoms with Gasteiger partial charge in [0.2, 0.25) is 0 Å². The van der Waals surface area contributed by atoms with Crippen LogP contribution in [0.3, 0.4) is 0 Å². The minimum Gasteiger partial charge on any atom is -0.396 e. The van der Waals surface area contributed by atoms with Gasteiger partial charge in [-0.2, -0.15) is 5.26 Å². The van der Waals surface area contributed by atoms with Crippen LogP contribution in [0, 0.1) is 11.3 Å². The molecule has 0 aliphatic carbocycles. The smallest absolute Gasteiger partial charge is 0.0988 e. The Kier molecular flexibility index (Phi) is 11.2. The summed E-state index contributed by atoms with van der Waals surface area (Å²) >= 11 is 0. The van der Waals surface area contributed by atoms with E-state index in [2.05, 4.69) is 19.1 Å². The van der Waals surface area contributed by atoms with Gasteiger partial charge in [-0.15, -0.1) is 0 Å². The molecule has 0 heterocycles. The Morgan fingerprint density at radius 2 is 2.00 bits per heavy atom. The van der Waals surface area contributed by atoms with Crippen LogP contribution in [0.15, 0.2) is 23.8 Å². The number of unbranched alkanes of at least 4 members (excludes halogenated alkanes) is 5. The molecule has 0 rings (SSSR count). The first kappa shape index (κ1) is 14.9. The quantitative estimate of drug-likeness (QED) is 0.366. The average Bonchev–Trinajstić information content (AvgIpc) is 2.31. The Hall–Kier alpha value is -1.07. The Bertz CT molecular complexity index is 248. The molecule has 0 aromatic carbocycles. The van der Waals surface area contributed by atoms with Gasteiger partial charge in [0.25, 0.3) is 0 Å². The van der Waals surface area contributed by atoms with E-state index in [9.17, 15) is 0 Å². The Balaban J connectivity index is 3.72. The van der Waals surface area contributed by atoms with Crippen LogP contribution in [0.5, 0.6) is 0 Å². The largest absolute Gasteiger partial charge is 0.396 e. The van der Waals surface area contributed by atoms with Gasteiger partial charge < -0.3 is 5.11 Å². The fourth-order valence-electron chi connectivity index (χ4n) is 1.40. The average molecular weight is 221 g/mol. The molecule has 1 N–H and O–H groups in total. The minimum absolute atomic E-state index is 0.190. The maximum atomic E-state index is 8.83. The molecule has 0 aromatic heterocycles. The third kappa shape index (κ3) is 9.48. The first-order valence-electron chi connectivity index (χ1n) is 6.22. The van der Waals surface area contributed by atoms with Crippen molar-refractivity contribution in [1.29, 1.82) is 5.26 Å². The van der Waals surface area contributed by atoms with Gasteiger partial charge in [-0.05, 0) is 31.8 Å². The fourth-order valence-corrected chi connectivity index (χ4v) is 1.40. The standard InChI is InChI=1S/C14H23NO/c1-2-3-4-5-6-7-10-14(13-15)11-8-9-12-16/h7,10-11,16H,2-6,8-9,12H2,1H3/b10-7+,14-11+. The number of allylic oxidation sites excluding steroid dienone is 4. The highest BCUT2D eigenvalue weighted by molar-refractivity contribution is 5.32. The number of aliphatic hydroxyl groups excluding tert-OH is 1. The molecule has 0 amide bonds. The second kappa shape index (κ2) is 12.0. The first-order valence-corrected chi connectivity index (χ1v) is 6.22. The molecule has 0 aromatic rings. The van der Waals surface area contributed by atoms with E-state index in [4.69, 9.17) is 10.4 Å². The maximum absolute atomic E-state index is 8.83. The summed E-state index contributed by atoms with van der Waals surface area (Å²) in [4.78, 5) is 0. The van der Waals surface area contributed by atoms with Crippen molar-refractivity contribution >= 4 is 0 Å². The Morgan fingerprint density at radius 1 is 1.19 bits per heavy atom. The van der Waals surface area contributed by atoms with Gasteiger partial charge in [-0.25, -0.2) is 0 Å². The molecule has 16 heavy (non-hydrogen) atoms. The molecule has 0 spiro atoms. The minimum atomic E-state index is 0.190. The summed E-state index contributed by atoms with van der Waals surface area (Å²) in [6.45, 7) is 2.39. The van der Waals surface area contributed by atoms with E-state index in [1.54, 1.807) is 0 Å². The summed E-state index contributed by atoms with van der Waals surface area (Å²) in [7, 11) is 0. The fraction of sp³-hybridized carbons (Fsp3) is 0.643. The zero-order valence-corrected chi connectivity index (χ0v) is 10.3. The number of nitriles is 1. The third-order valence-corrected chi connectivity index (χ3v) is 2.38. The molecule has 0 saturated heterocycles. The molecule has 90 valence electrons. The molecule has 0 saturated carbocycles. The van der Waals surface area contributed by atoms with Crippen molar-refractivity contribution in [2.75, 3.05) is 6.61 Å². The van der Waals surface area contributed by atoms with Crippen molar-refractivity contribution < 1.29 is 5.11 Å². The van der Waals surface area contributed by atoms with Crippen molar-refractivity contribution in [3.05, 3.63) is 23.8 Å². The molecule has 0 aliphatic rings. The summed E-state index contributed by atoms with van der Waals surface area (Å²) in [6.07, 6.45) is 13.5. The highest BCUT2D eigenvalue weighted by Crippen LogP contribution is 2.05. The molecule has 0 fully saturated rings. The second-order valence-electron chi connectivity index (χ2n) is 3.89. The molecule has 0 aliphatic heterocycles. The Labute approximate surface area is 99.3 Å². The van der Waals surface area contributed by atoms with Crippen LogP contribution < -0.4 is 0 Å². The number of hydrogen-bond donors (Lipinski definition) is 1. The van der Waals surface area contributed by atoms with E-state index in [-0.39, 0.29) is 6.61 Å². The van der Waals surface area contributed by atoms with Crippen LogP contribution in [0.2, 0.25) is 0 Å². The molecule has 0 unspecified atom stereocenters. The van der Waals surface area contributed by atoms with E-state index in [0.717, 1.165) is 19.3 Å². The van der Waals surface area contributed by atoms with Crippen LogP contribution in [-0.2, 0) is 0 Å². The third-order valence-electron chi connectivity index (χ3n) is 2.38. The molecule has 2 heteroatoms. The lowest BCUT2D eigenvalue weighted by Gasteiger charge is -1.94. The number of aliphatic hydroxyl groups is 1. The lowest BCUT2D eigenvalue weighted by molar-refractivity contribution is 0.289. The van der Waals surface area contributed by atoms with E-state index < -0.39 is 0 Å². The molecule has 0 atom stereocenters. The van der Waals surface area contributed by atoms with Crippen LogP contribution in [0.25, 0.3) is 0 Å². The molecular formula is C14H23NO. The lowest BCUT2D eigenvalue weighted by atomic mass is 10.1. The van der Waals surface area contributed by atoms with Crippen molar-refractivity contribution in [3.8, 4) is 6.07 Å².